The summed E-state index contributed by atoms with van der Waals surface area (Å²) in [5.41, 5.74) is 2.49. The van der Waals surface area contributed by atoms with Crippen molar-refractivity contribution in [2.75, 3.05) is 62.8 Å². The van der Waals surface area contributed by atoms with Crippen LogP contribution < -0.4 is 40.2 Å². The molecule has 2 heterocycles. The molecule has 4 aromatic rings. The number of aliphatic carboxylic acids is 1. The Kier molecular flexibility index (Phi) is 13.6. The second-order valence-electron chi connectivity index (χ2n) is 11.4. The number of fused-ring (bicyclic) bond motifs is 1. The summed E-state index contributed by atoms with van der Waals surface area (Å²) < 4.78 is 27.0. The quantitative estimate of drug-likeness (QED) is 0.0721. The van der Waals surface area contributed by atoms with E-state index in [1.807, 2.05) is 24.3 Å². The lowest BCUT2D eigenvalue weighted by atomic mass is 10.2. The van der Waals surface area contributed by atoms with Crippen LogP contribution in [0.1, 0.15) is 37.8 Å². The minimum absolute atomic E-state index is 0.128. The van der Waals surface area contributed by atoms with Gasteiger partial charge in [-0.3, -0.25) is 9.59 Å². The number of hydrogen-bond acceptors (Lipinski definition) is 16. The summed E-state index contributed by atoms with van der Waals surface area (Å²) >= 11 is 0. The predicted molar refractivity (Wildman–Crippen MR) is 190 cm³/mol. The van der Waals surface area contributed by atoms with Crippen LogP contribution in [0.5, 0.6) is 23.0 Å². The Balaban J connectivity index is 1.71. The first-order valence-electron chi connectivity index (χ1n) is 16.1. The summed E-state index contributed by atoms with van der Waals surface area (Å²) in [6.45, 7) is 4.28. The zero-order valence-corrected chi connectivity index (χ0v) is 29.4. The molecule has 17 heteroatoms. The molecule has 0 aliphatic heterocycles. The third kappa shape index (κ3) is 10.8. The van der Waals surface area contributed by atoms with E-state index < -0.39 is 24.1 Å². The summed E-state index contributed by atoms with van der Waals surface area (Å²) in [5, 5.41) is 31.7. The molecule has 2 unspecified atom stereocenters. The molecule has 0 fully saturated rings. The molecular weight excluding hydrogens is 664 g/mol. The van der Waals surface area contributed by atoms with Crippen molar-refractivity contribution in [1.82, 2.24) is 19.9 Å². The first kappa shape index (κ1) is 38.0. The van der Waals surface area contributed by atoms with Gasteiger partial charge in [-0.05, 0) is 49.2 Å². The van der Waals surface area contributed by atoms with Crippen molar-refractivity contribution in [2.45, 2.75) is 52.0 Å². The Labute approximate surface area is 295 Å². The van der Waals surface area contributed by atoms with E-state index in [2.05, 4.69) is 26.3 Å². The Morgan fingerprint density at radius 3 is 1.57 bits per heavy atom. The highest BCUT2D eigenvalue weighted by Crippen LogP contribution is 2.31. The van der Waals surface area contributed by atoms with E-state index in [1.54, 1.807) is 54.4 Å². The number of methoxy groups -OCH3 is 4. The number of carbonyl (C=O) groups is 2. The number of carboxylic acids is 1. The third-order valence-corrected chi connectivity index (χ3v) is 7.34. The van der Waals surface area contributed by atoms with Gasteiger partial charge in [0.05, 0.1) is 53.9 Å². The molecule has 0 bridgehead atoms. The fourth-order valence-corrected chi connectivity index (χ4v) is 4.78. The number of aromatic nitrogens is 4. The summed E-state index contributed by atoms with van der Waals surface area (Å²) in [7, 11) is 6.25. The van der Waals surface area contributed by atoms with Gasteiger partial charge >= 0.3 is 11.9 Å². The number of ether oxygens (including phenoxy) is 5. The lowest BCUT2D eigenvalue weighted by molar-refractivity contribution is -0.150. The molecule has 0 radical (unpaired) electrons. The maximum absolute atomic E-state index is 12.1. The number of nitrogens with zero attached hydrogens (tertiary/aromatic N) is 4. The molecule has 0 saturated carbocycles. The molecule has 2 atom stereocenters. The fraction of sp³-hybridized carbons (Fsp3) is 0.412. The van der Waals surface area contributed by atoms with Crippen molar-refractivity contribution in [1.29, 1.82) is 0 Å². The molecular formula is C34H44N8O9. The molecule has 51 heavy (non-hydrogen) atoms. The number of carboxylic acid groups (broad SMARTS) is 1. The molecule has 4 rings (SSSR count). The number of rotatable bonds is 20. The lowest BCUT2D eigenvalue weighted by Crippen LogP contribution is -2.24. The number of hydrogen-bond donors (Lipinski definition) is 6. The summed E-state index contributed by atoms with van der Waals surface area (Å²) in [6.07, 6.45) is -1.86. The minimum Gasteiger partial charge on any atom is -0.493 e. The van der Waals surface area contributed by atoms with Crippen LogP contribution in [0.15, 0.2) is 36.4 Å². The van der Waals surface area contributed by atoms with Crippen LogP contribution in [0.2, 0.25) is 0 Å². The van der Waals surface area contributed by atoms with Crippen LogP contribution in [0.3, 0.4) is 0 Å². The first-order valence-corrected chi connectivity index (χ1v) is 16.1. The average molecular weight is 709 g/mol. The van der Waals surface area contributed by atoms with Crippen molar-refractivity contribution >= 4 is 46.5 Å². The fourth-order valence-electron chi connectivity index (χ4n) is 4.78. The summed E-state index contributed by atoms with van der Waals surface area (Å²) in [4.78, 5) is 41.8. The molecule has 6 N–H and O–H groups in total. The summed E-state index contributed by atoms with van der Waals surface area (Å²) in [5.74, 6) is 1.75. The SMILES string of the molecule is COc1ccc(CNc2nc(NCC(C)OC(=O)CCC(=O)O)nc3c(NCc4ccc(OC)c(OC)c4)nc(NCC(C)O)nc23)cc1OC. The van der Waals surface area contributed by atoms with Crippen molar-refractivity contribution < 1.29 is 43.5 Å². The van der Waals surface area contributed by atoms with E-state index in [4.69, 9.17) is 43.7 Å². The largest absolute Gasteiger partial charge is 0.493 e. The van der Waals surface area contributed by atoms with Gasteiger partial charge in [-0.15, -0.1) is 0 Å². The first-order chi connectivity index (χ1) is 24.5. The second-order valence-corrected chi connectivity index (χ2v) is 11.4. The predicted octanol–water partition coefficient (Wildman–Crippen LogP) is 3.68. The number of esters is 1. The Bertz CT molecular complexity index is 1810. The Morgan fingerprint density at radius 1 is 0.667 bits per heavy atom. The highest BCUT2D eigenvalue weighted by Gasteiger charge is 2.19. The van der Waals surface area contributed by atoms with E-state index in [-0.39, 0.29) is 37.8 Å². The standard InChI is InChI=1S/C34H44N8O9/c1-19(43)15-37-33-39-29-30(31(41-33)35-17-21-7-9-23(47-3)25(13-21)49-5)40-34(38-16-20(2)51-28(46)12-11-27(44)45)42-32(29)36-18-22-8-10-24(48-4)26(14-22)50-6/h7-10,13-14,19-20,43H,11-12,15-18H2,1-6H3,(H,44,45)(H2,35,37,39,41)(H2,36,38,40,42). The van der Waals surface area contributed by atoms with E-state index in [9.17, 15) is 14.7 Å². The van der Waals surface area contributed by atoms with Crippen molar-refractivity contribution in [3.63, 3.8) is 0 Å². The van der Waals surface area contributed by atoms with Gasteiger partial charge < -0.3 is 55.2 Å². The van der Waals surface area contributed by atoms with Crippen molar-refractivity contribution in [2.24, 2.45) is 0 Å². The molecule has 2 aromatic heterocycles. The van der Waals surface area contributed by atoms with Crippen LogP contribution >= 0.6 is 0 Å². The monoisotopic (exact) mass is 708 g/mol. The molecule has 2 aromatic carbocycles. The van der Waals surface area contributed by atoms with Crippen molar-refractivity contribution in [3.8, 4) is 23.0 Å². The zero-order chi connectivity index (χ0) is 36.9. The van der Waals surface area contributed by atoms with Gasteiger partial charge in [0.2, 0.25) is 11.9 Å². The normalized spacial score (nSPS) is 12.0. The van der Waals surface area contributed by atoms with Crippen LogP contribution in [-0.2, 0) is 27.4 Å². The number of benzene rings is 2. The van der Waals surface area contributed by atoms with Gasteiger partial charge in [0.15, 0.2) is 34.6 Å². The molecule has 0 spiro atoms. The number of nitrogens with one attached hydrogen (secondary N) is 4. The van der Waals surface area contributed by atoms with E-state index in [0.29, 0.717) is 58.8 Å². The molecule has 0 amide bonds. The van der Waals surface area contributed by atoms with Gasteiger partial charge in [-0.25, -0.2) is 9.97 Å². The van der Waals surface area contributed by atoms with Crippen molar-refractivity contribution in [3.05, 3.63) is 47.5 Å². The third-order valence-electron chi connectivity index (χ3n) is 7.34. The molecule has 17 nitrogen and oxygen atoms in total. The Hall–Kier alpha value is -5.84. The molecule has 0 saturated heterocycles. The topological polar surface area (TPSA) is 220 Å². The van der Waals surface area contributed by atoms with Crippen LogP contribution in [0, 0.1) is 0 Å². The van der Waals surface area contributed by atoms with Gasteiger partial charge in [0, 0.05) is 19.6 Å². The highest BCUT2D eigenvalue weighted by molar-refractivity contribution is 5.94. The second kappa shape index (κ2) is 18.2. The van der Waals surface area contributed by atoms with E-state index in [0.717, 1.165) is 11.1 Å². The average Bonchev–Trinajstić information content (AvgIpc) is 3.13. The number of aliphatic hydroxyl groups is 1. The molecule has 0 aliphatic carbocycles. The van der Waals surface area contributed by atoms with Gasteiger partial charge in [0.25, 0.3) is 0 Å². The minimum atomic E-state index is -1.09. The zero-order valence-electron chi connectivity index (χ0n) is 29.4. The van der Waals surface area contributed by atoms with Gasteiger partial charge in [-0.1, -0.05) is 12.1 Å². The number of carbonyl (C=O) groups excluding carboxylic acids is 1. The Morgan fingerprint density at radius 2 is 1.14 bits per heavy atom. The lowest BCUT2D eigenvalue weighted by Gasteiger charge is -2.18. The van der Waals surface area contributed by atoms with Gasteiger partial charge in [0.1, 0.15) is 17.1 Å². The highest BCUT2D eigenvalue weighted by atomic mass is 16.5. The van der Waals surface area contributed by atoms with Crippen LogP contribution in [0.25, 0.3) is 11.0 Å². The maximum Gasteiger partial charge on any atom is 0.306 e. The van der Waals surface area contributed by atoms with Crippen LogP contribution in [0.4, 0.5) is 23.5 Å². The maximum atomic E-state index is 12.1. The van der Waals surface area contributed by atoms with Gasteiger partial charge in [-0.2, -0.15) is 9.97 Å². The number of anilines is 4. The van der Waals surface area contributed by atoms with Crippen LogP contribution in [-0.4, -0.2) is 95.8 Å². The molecule has 274 valence electrons. The van der Waals surface area contributed by atoms with E-state index >= 15 is 0 Å². The number of aliphatic hydroxyl groups excluding tert-OH is 1. The van der Waals surface area contributed by atoms with E-state index in [1.165, 1.54) is 0 Å². The molecule has 0 aliphatic rings. The smallest absolute Gasteiger partial charge is 0.306 e. The summed E-state index contributed by atoms with van der Waals surface area (Å²) in [6, 6.07) is 11.1.